The van der Waals surface area contributed by atoms with E-state index in [-0.39, 0.29) is 11.2 Å². The molecular weight excluding hydrogens is 332 g/mol. The zero-order valence-corrected chi connectivity index (χ0v) is 14.5. The summed E-state index contributed by atoms with van der Waals surface area (Å²) in [6.07, 6.45) is 6.21. The van der Waals surface area contributed by atoms with E-state index in [1.54, 1.807) is 6.33 Å². The molecule has 1 heterocycles. The van der Waals surface area contributed by atoms with E-state index in [0.29, 0.717) is 16.2 Å². The molecule has 1 aliphatic rings. The quantitative estimate of drug-likeness (QED) is 0.839. The summed E-state index contributed by atoms with van der Waals surface area (Å²) in [6.45, 7) is 1.89. The lowest BCUT2D eigenvalue weighted by atomic mass is 10.2. The zero-order valence-electron chi connectivity index (χ0n) is 12.9. The number of benzene rings is 1. The van der Waals surface area contributed by atoms with Crippen LogP contribution in [0.25, 0.3) is 5.69 Å². The predicted molar refractivity (Wildman–Crippen MR) is 92.1 cm³/mol. The molecule has 0 saturated heterocycles. The molecule has 1 fully saturated rings. The topological polar surface area (TPSA) is 59.8 Å². The summed E-state index contributed by atoms with van der Waals surface area (Å²) < 4.78 is 1.84. The van der Waals surface area contributed by atoms with Crippen LogP contribution in [0.1, 0.15) is 32.6 Å². The molecule has 0 spiro atoms. The van der Waals surface area contributed by atoms with Crippen LogP contribution in [0.5, 0.6) is 0 Å². The summed E-state index contributed by atoms with van der Waals surface area (Å²) in [4.78, 5) is 12.3. The summed E-state index contributed by atoms with van der Waals surface area (Å²) in [7, 11) is 0. The Morgan fingerprint density at radius 2 is 2.22 bits per heavy atom. The molecule has 1 N–H and O–H groups in total. The van der Waals surface area contributed by atoms with E-state index in [1.165, 1.54) is 24.6 Å². The Bertz CT molecular complexity index is 684. The van der Waals surface area contributed by atoms with Crippen LogP contribution in [0, 0.1) is 0 Å². The van der Waals surface area contributed by atoms with Crippen molar-refractivity contribution < 1.29 is 4.79 Å². The van der Waals surface area contributed by atoms with Gasteiger partial charge in [0.2, 0.25) is 5.91 Å². The minimum absolute atomic E-state index is 0.0579. The number of amides is 1. The van der Waals surface area contributed by atoms with Gasteiger partial charge in [-0.2, -0.15) is 0 Å². The van der Waals surface area contributed by atoms with Crippen molar-refractivity contribution in [3.8, 4) is 5.69 Å². The van der Waals surface area contributed by atoms with E-state index in [2.05, 4.69) is 15.5 Å². The van der Waals surface area contributed by atoms with Gasteiger partial charge in [0.1, 0.15) is 6.33 Å². The second kappa shape index (κ2) is 7.36. The first-order valence-electron chi connectivity index (χ1n) is 7.76. The number of hydrogen-bond acceptors (Lipinski definition) is 4. The Balaban J connectivity index is 1.68. The standard InChI is InChI=1S/C16H19ClN4OS/c1-11(15(22)19-13-6-2-3-7-13)23-16-20-18-10-21(16)14-8-4-5-12(17)9-14/h4-5,8-11,13H,2-3,6-7H2,1H3,(H,19,22)/t11-/m0/s1. The maximum absolute atomic E-state index is 12.3. The van der Waals surface area contributed by atoms with Gasteiger partial charge < -0.3 is 5.32 Å². The molecule has 3 rings (SSSR count). The van der Waals surface area contributed by atoms with Gasteiger partial charge in [-0.05, 0) is 38.0 Å². The Labute approximate surface area is 144 Å². The predicted octanol–water partition coefficient (Wildman–Crippen LogP) is 3.46. The molecular formula is C16H19ClN4OS. The van der Waals surface area contributed by atoms with E-state index >= 15 is 0 Å². The third kappa shape index (κ3) is 4.06. The van der Waals surface area contributed by atoms with Crippen LogP contribution >= 0.6 is 23.4 Å². The molecule has 2 aromatic rings. The third-order valence-corrected chi connectivity index (χ3v) is 5.25. The van der Waals surface area contributed by atoms with Crippen LogP contribution in [-0.2, 0) is 4.79 Å². The highest BCUT2D eigenvalue weighted by molar-refractivity contribution is 8.00. The first-order valence-corrected chi connectivity index (χ1v) is 9.02. The monoisotopic (exact) mass is 350 g/mol. The van der Waals surface area contributed by atoms with Crippen molar-refractivity contribution in [3.63, 3.8) is 0 Å². The summed E-state index contributed by atoms with van der Waals surface area (Å²) in [5, 5.41) is 12.3. The van der Waals surface area contributed by atoms with Crippen LogP contribution in [0.15, 0.2) is 35.7 Å². The highest BCUT2D eigenvalue weighted by Crippen LogP contribution is 2.26. The molecule has 0 aliphatic heterocycles. The van der Waals surface area contributed by atoms with Crippen molar-refractivity contribution in [3.05, 3.63) is 35.6 Å². The van der Waals surface area contributed by atoms with Crippen LogP contribution in [0.2, 0.25) is 5.02 Å². The fourth-order valence-corrected chi connectivity index (χ4v) is 3.74. The van der Waals surface area contributed by atoms with Crippen molar-refractivity contribution in [2.75, 3.05) is 0 Å². The second-order valence-corrected chi connectivity index (χ2v) is 7.46. The van der Waals surface area contributed by atoms with Crippen molar-refractivity contribution in [1.29, 1.82) is 0 Å². The SMILES string of the molecule is C[C@H](Sc1nncn1-c1cccc(Cl)c1)C(=O)NC1CCCC1. The van der Waals surface area contributed by atoms with E-state index in [1.807, 2.05) is 35.8 Å². The lowest BCUT2D eigenvalue weighted by molar-refractivity contribution is -0.120. The van der Waals surface area contributed by atoms with E-state index < -0.39 is 0 Å². The average molecular weight is 351 g/mol. The van der Waals surface area contributed by atoms with Crippen molar-refractivity contribution in [2.45, 2.75) is 49.1 Å². The van der Waals surface area contributed by atoms with Crippen molar-refractivity contribution >= 4 is 29.3 Å². The minimum atomic E-state index is -0.224. The van der Waals surface area contributed by atoms with E-state index in [9.17, 15) is 4.79 Å². The van der Waals surface area contributed by atoms with E-state index in [4.69, 9.17) is 11.6 Å². The smallest absolute Gasteiger partial charge is 0.233 e. The maximum Gasteiger partial charge on any atom is 0.233 e. The molecule has 0 bridgehead atoms. The Morgan fingerprint density at radius 1 is 1.43 bits per heavy atom. The maximum atomic E-state index is 12.3. The number of aromatic nitrogens is 3. The minimum Gasteiger partial charge on any atom is -0.352 e. The van der Waals surface area contributed by atoms with Gasteiger partial charge in [-0.3, -0.25) is 9.36 Å². The van der Waals surface area contributed by atoms with Gasteiger partial charge in [-0.15, -0.1) is 10.2 Å². The normalized spacial score (nSPS) is 16.4. The zero-order chi connectivity index (χ0) is 16.2. The number of halogens is 1. The molecule has 1 aliphatic carbocycles. The Hall–Kier alpha value is -1.53. The van der Waals surface area contributed by atoms with Crippen LogP contribution in [0.3, 0.4) is 0 Å². The van der Waals surface area contributed by atoms with Gasteiger partial charge in [0.25, 0.3) is 0 Å². The van der Waals surface area contributed by atoms with Gasteiger partial charge in [0, 0.05) is 11.1 Å². The van der Waals surface area contributed by atoms with Crippen LogP contribution < -0.4 is 5.32 Å². The second-order valence-electron chi connectivity index (χ2n) is 5.71. The lowest BCUT2D eigenvalue weighted by Gasteiger charge is -2.16. The first kappa shape index (κ1) is 16.3. The van der Waals surface area contributed by atoms with Crippen molar-refractivity contribution in [1.82, 2.24) is 20.1 Å². The van der Waals surface area contributed by atoms with Gasteiger partial charge in [0.15, 0.2) is 5.16 Å². The lowest BCUT2D eigenvalue weighted by Crippen LogP contribution is -2.37. The van der Waals surface area contributed by atoms with Crippen LogP contribution in [-0.4, -0.2) is 32.0 Å². The molecule has 1 saturated carbocycles. The van der Waals surface area contributed by atoms with Crippen LogP contribution in [0.4, 0.5) is 0 Å². The van der Waals surface area contributed by atoms with Crippen molar-refractivity contribution in [2.24, 2.45) is 0 Å². The summed E-state index contributed by atoms with van der Waals surface area (Å²) in [5.41, 5.74) is 0.883. The molecule has 0 unspecified atom stereocenters. The number of hydrogen-bond donors (Lipinski definition) is 1. The molecule has 1 aromatic carbocycles. The average Bonchev–Trinajstić information content (AvgIpc) is 3.18. The number of carbonyl (C=O) groups excluding carboxylic acids is 1. The van der Waals surface area contributed by atoms with Gasteiger partial charge in [0.05, 0.1) is 10.9 Å². The number of nitrogens with zero attached hydrogens (tertiary/aromatic N) is 3. The molecule has 1 aromatic heterocycles. The Morgan fingerprint density at radius 3 is 2.96 bits per heavy atom. The van der Waals surface area contributed by atoms with Gasteiger partial charge in [-0.1, -0.05) is 42.3 Å². The molecule has 5 nitrogen and oxygen atoms in total. The molecule has 23 heavy (non-hydrogen) atoms. The number of rotatable bonds is 5. The first-order chi connectivity index (χ1) is 11.1. The highest BCUT2D eigenvalue weighted by Gasteiger charge is 2.23. The summed E-state index contributed by atoms with van der Waals surface area (Å²) >= 11 is 7.44. The van der Waals surface area contributed by atoms with E-state index in [0.717, 1.165) is 18.5 Å². The molecule has 7 heteroatoms. The molecule has 1 amide bonds. The Kier molecular flexibility index (Phi) is 5.23. The number of nitrogens with one attached hydrogen (secondary N) is 1. The molecule has 1 atom stereocenters. The van der Waals surface area contributed by atoms with Gasteiger partial charge in [-0.25, -0.2) is 0 Å². The summed E-state index contributed by atoms with van der Waals surface area (Å²) in [5.74, 6) is 0.0579. The summed E-state index contributed by atoms with van der Waals surface area (Å²) in [6, 6.07) is 7.81. The molecule has 0 radical (unpaired) electrons. The largest absolute Gasteiger partial charge is 0.352 e. The van der Waals surface area contributed by atoms with Gasteiger partial charge >= 0.3 is 0 Å². The third-order valence-electron chi connectivity index (χ3n) is 3.96. The fraction of sp³-hybridized carbons (Fsp3) is 0.438. The number of carbonyl (C=O) groups is 1. The fourth-order valence-electron chi connectivity index (χ4n) is 2.71. The number of thioether (sulfide) groups is 1. The molecule has 122 valence electrons. The highest BCUT2D eigenvalue weighted by atomic mass is 35.5.